The number of nitrogens with two attached hydrogens (primary N) is 1. The summed E-state index contributed by atoms with van der Waals surface area (Å²) in [5.41, 5.74) is 9.77. The monoisotopic (exact) mass is 540 g/mol. The van der Waals surface area contributed by atoms with E-state index in [1.165, 1.54) is 0 Å². The first kappa shape index (κ1) is 27.4. The first-order valence-electron chi connectivity index (χ1n) is 13.9. The van der Waals surface area contributed by atoms with Gasteiger partial charge in [-0.15, -0.1) is 0 Å². The maximum atomic E-state index is 12.9. The minimum atomic E-state index is -0.603. The van der Waals surface area contributed by atoms with Gasteiger partial charge in [-0.3, -0.25) is 4.79 Å². The molecular formula is C32H36N4O4. The summed E-state index contributed by atoms with van der Waals surface area (Å²) in [5.74, 6) is 0.387. The fraction of sp³-hybridized carbons (Fsp3) is 0.344. The Labute approximate surface area is 235 Å². The number of ether oxygens (including phenoxy) is 2. The number of rotatable bonds is 11. The molecule has 0 radical (unpaired) electrons. The third-order valence-corrected chi connectivity index (χ3v) is 7.77. The Kier molecular flexibility index (Phi) is 8.45. The van der Waals surface area contributed by atoms with Crippen molar-refractivity contribution in [3.63, 3.8) is 0 Å². The zero-order valence-electron chi connectivity index (χ0n) is 22.8. The van der Waals surface area contributed by atoms with Crippen molar-refractivity contribution in [3.8, 4) is 0 Å². The third kappa shape index (κ3) is 6.18. The minimum Gasteiger partial charge on any atom is -0.464 e. The van der Waals surface area contributed by atoms with E-state index in [2.05, 4.69) is 27.8 Å². The van der Waals surface area contributed by atoms with Crippen LogP contribution in [0.3, 0.4) is 0 Å². The molecule has 0 bridgehead atoms. The number of allylic oxidation sites excluding steroid dienone is 2. The van der Waals surface area contributed by atoms with Gasteiger partial charge in [0.25, 0.3) is 0 Å². The maximum Gasteiger partial charge on any atom is 0.328 e. The SMILES string of the molecule is CCOC(=O)[C@H](Cc1ccc(Nc2ncccc2N)cc1)NC1=CC(=O)C12CCC(OCc1ccccc1)CC2. The lowest BCUT2D eigenvalue weighted by Crippen LogP contribution is -2.53. The van der Waals surface area contributed by atoms with Crippen LogP contribution in [0.1, 0.15) is 43.7 Å². The van der Waals surface area contributed by atoms with Gasteiger partial charge in [-0.2, -0.15) is 0 Å². The van der Waals surface area contributed by atoms with Crippen LogP contribution < -0.4 is 16.4 Å². The van der Waals surface area contributed by atoms with E-state index in [9.17, 15) is 9.59 Å². The van der Waals surface area contributed by atoms with E-state index in [1.807, 2.05) is 42.5 Å². The highest BCUT2D eigenvalue weighted by Crippen LogP contribution is 2.49. The minimum absolute atomic E-state index is 0.120. The number of hydrogen-bond donors (Lipinski definition) is 3. The molecule has 1 saturated carbocycles. The number of aromatic nitrogens is 1. The first-order valence-corrected chi connectivity index (χ1v) is 13.9. The van der Waals surface area contributed by atoms with Gasteiger partial charge in [0.1, 0.15) is 6.04 Å². The zero-order chi connectivity index (χ0) is 28.0. The topological polar surface area (TPSA) is 116 Å². The summed E-state index contributed by atoms with van der Waals surface area (Å²) in [6, 6.07) is 20.9. The van der Waals surface area contributed by atoms with Gasteiger partial charge in [0.2, 0.25) is 0 Å². The Bertz CT molecular complexity index is 1350. The van der Waals surface area contributed by atoms with Gasteiger partial charge in [0, 0.05) is 30.1 Å². The van der Waals surface area contributed by atoms with Crippen molar-refractivity contribution in [2.75, 3.05) is 17.7 Å². The number of nitrogens with one attached hydrogen (secondary N) is 2. The molecule has 208 valence electrons. The number of carbonyl (C=O) groups is 2. The van der Waals surface area contributed by atoms with E-state index in [0.29, 0.717) is 37.4 Å². The van der Waals surface area contributed by atoms with E-state index < -0.39 is 11.5 Å². The molecule has 2 aliphatic carbocycles. The summed E-state index contributed by atoms with van der Waals surface area (Å²) >= 11 is 0. The van der Waals surface area contributed by atoms with Crippen LogP contribution in [-0.4, -0.2) is 35.5 Å². The van der Waals surface area contributed by atoms with Crippen molar-refractivity contribution >= 4 is 28.9 Å². The first-order chi connectivity index (χ1) is 19.5. The lowest BCUT2D eigenvalue weighted by Gasteiger charge is -2.46. The molecule has 8 heteroatoms. The van der Waals surface area contributed by atoms with Crippen molar-refractivity contribution in [1.82, 2.24) is 10.3 Å². The van der Waals surface area contributed by atoms with Crippen molar-refractivity contribution in [3.05, 3.63) is 95.8 Å². The average Bonchev–Trinajstić information content (AvgIpc) is 2.98. The number of pyridine rings is 1. The summed E-state index contributed by atoms with van der Waals surface area (Å²) in [6.07, 6.45) is 6.88. The van der Waals surface area contributed by atoms with Gasteiger partial charge < -0.3 is 25.8 Å². The van der Waals surface area contributed by atoms with Crippen LogP contribution in [0.4, 0.5) is 17.2 Å². The average molecular weight is 541 g/mol. The van der Waals surface area contributed by atoms with Crippen LogP contribution in [0.2, 0.25) is 0 Å². The van der Waals surface area contributed by atoms with E-state index in [-0.39, 0.29) is 24.5 Å². The molecule has 40 heavy (non-hydrogen) atoms. The fourth-order valence-electron chi connectivity index (χ4n) is 5.44. The van der Waals surface area contributed by atoms with Crippen molar-refractivity contribution in [2.45, 2.75) is 57.8 Å². The van der Waals surface area contributed by atoms with Gasteiger partial charge in [-0.1, -0.05) is 42.5 Å². The second-order valence-electron chi connectivity index (χ2n) is 10.4. The quantitative estimate of drug-likeness (QED) is 0.288. The summed E-state index contributed by atoms with van der Waals surface area (Å²) in [7, 11) is 0. The Hall–Kier alpha value is -4.17. The van der Waals surface area contributed by atoms with Crippen molar-refractivity contribution in [1.29, 1.82) is 0 Å². The third-order valence-electron chi connectivity index (χ3n) is 7.77. The molecule has 8 nitrogen and oxygen atoms in total. The lowest BCUT2D eigenvalue weighted by molar-refractivity contribution is -0.146. The number of nitrogen functional groups attached to an aromatic ring is 1. The van der Waals surface area contributed by atoms with Gasteiger partial charge in [0.15, 0.2) is 11.6 Å². The molecule has 1 fully saturated rings. The summed E-state index contributed by atoms with van der Waals surface area (Å²) in [6.45, 7) is 2.65. The molecule has 2 aromatic carbocycles. The number of carbonyl (C=O) groups excluding carboxylic acids is 2. The fourth-order valence-corrected chi connectivity index (χ4v) is 5.44. The van der Waals surface area contributed by atoms with Gasteiger partial charge in [0.05, 0.1) is 30.4 Å². The van der Waals surface area contributed by atoms with Crippen LogP contribution in [0, 0.1) is 5.41 Å². The Morgan fingerprint density at radius 1 is 1.05 bits per heavy atom. The largest absolute Gasteiger partial charge is 0.464 e. The Morgan fingerprint density at radius 2 is 1.80 bits per heavy atom. The van der Waals surface area contributed by atoms with Crippen LogP contribution in [-0.2, 0) is 32.1 Å². The molecule has 0 saturated heterocycles. The standard InChI is InChI=1S/C32H36N4O4/c1-2-39-31(38)27(19-22-10-12-24(13-11-22)35-30-26(33)9-6-18-34-30)36-28-20-29(37)32(28)16-14-25(15-17-32)40-21-23-7-4-3-5-8-23/h3-13,18,20,25,27,36H,2,14-17,19,21,33H2,1H3,(H,34,35)/t25?,27-,32?/m0/s1. The number of hydrogen-bond acceptors (Lipinski definition) is 8. The van der Waals surface area contributed by atoms with Gasteiger partial charge in [-0.05, 0) is 68.0 Å². The summed E-state index contributed by atoms with van der Waals surface area (Å²) in [4.78, 5) is 30.1. The van der Waals surface area contributed by atoms with E-state index in [1.54, 1.807) is 31.3 Å². The maximum absolute atomic E-state index is 12.9. The summed E-state index contributed by atoms with van der Waals surface area (Å²) in [5, 5.41) is 6.61. The van der Waals surface area contributed by atoms with E-state index in [0.717, 1.165) is 35.4 Å². The molecule has 1 aromatic heterocycles. The highest BCUT2D eigenvalue weighted by molar-refractivity contribution is 6.05. The normalized spacial score (nSPS) is 20.8. The molecule has 1 heterocycles. The second kappa shape index (κ2) is 12.3. The molecule has 2 aliphatic rings. The Balaban J connectivity index is 1.20. The number of ketones is 1. The van der Waals surface area contributed by atoms with Crippen molar-refractivity contribution in [2.24, 2.45) is 5.41 Å². The number of benzene rings is 2. The van der Waals surface area contributed by atoms with Crippen LogP contribution >= 0.6 is 0 Å². The van der Waals surface area contributed by atoms with Gasteiger partial charge in [-0.25, -0.2) is 9.78 Å². The number of esters is 1. The van der Waals surface area contributed by atoms with Crippen molar-refractivity contribution < 1.29 is 19.1 Å². The smallest absolute Gasteiger partial charge is 0.328 e. The lowest BCUT2D eigenvalue weighted by atomic mass is 9.62. The van der Waals surface area contributed by atoms with Crippen LogP contribution in [0.5, 0.6) is 0 Å². The van der Waals surface area contributed by atoms with E-state index in [4.69, 9.17) is 15.2 Å². The predicted octanol–water partition coefficient (Wildman–Crippen LogP) is 5.08. The van der Waals surface area contributed by atoms with Crippen LogP contribution in [0.15, 0.2) is 84.7 Å². The zero-order valence-corrected chi connectivity index (χ0v) is 22.8. The molecule has 3 aromatic rings. The molecular weight excluding hydrogens is 504 g/mol. The van der Waals surface area contributed by atoms with Crippen LogP contribution in [0.25, 0.3) is 0 Å². The Morgan fingerprint density at radius 3 is 2.48 bits per heavy atom. The molecule has 0 amide bonds. The van der Waals surface area contributed by atoms with E-state index >= 15 is 0 Å². The molecule has 5 rings (SSSR count). The summed E-state index contributed by atoms with van der Waals surface area (Å²) < 4.78 is 11.5. The molecule has 1 atom stereocenters. The molecule has 1 spiro atoms. The second-order valence-corrected chi connectivity index (χ2v) is 10.4. The highest BCUT2D eigenvalue weighted by atomic mass is 16.5. The molecule has 0 aliphatic heterocycles. The number of nitrogens with zero attached hydrogens (tertiary/aromatic N) is 1. The number of anilines is 3. The van der Waals surface area contributed by atoms with Gasteiger partial charge >= 0.3 is 5.97 Å². The molecule has 0 unspecified atom stereocenters. The highest BCUT2D eigenvalue weighted by Gasteiger charge is 2.51. The molecule has 4 N–H and O–H groups in total. The predicted molar refractivity (Wildman–Crippen MR) is 155 cm³/mol.